The Bertz CT molecular complexity index is 1130. The number of esters is 1. The van der Waals surface area contributed by atoms with Crippen molar-refractivity contribution in [1.82, 2.24) is 14.8 Å². The van der Waals surface area contributed by atoms with E-state index in [9.17, 15) is 4.79 Å². The summed E-state index contributed by atoms with van der Waals surface area (Å²) in [4.78, 5) is 16.7. The van der Waals surface area contributed by atoms with Crippen LogP contribution in [0.25, 0.3) is 22.6 Å². The van der Waals surface area contributed by atoms with Crippen LogP contribution in [0.15, 0.2) is 53.2 Å². The molecule has 0 spiro atoms. The van der Waals surface area contributed by atoms with Crippen molar-refractivity contribution in [3.63, 3.8) is 0 Å². The van der Waals surface area contributed by atoms with Crippen LogP contribution >= 0.6 is 23.2 Å². The first kappa shape index (κ1) is 17.6. The molecule has 0 atom stereocenters. The van der Waals surface area contributed by atoms with Crippen molar-refractivity contribution in [3.8, 4) is 11.5 Å². The molecule has 0 bridgehead atoms. The molecule has 8 heteroatoms. The van der Waals surface area contributed by atoms with Crippen LogP contribution in [0.3, 0.4) is 0 Å². The standard InChI is InChI=1S/C19H13Cl2N3O3/c1-24-9-11(8-22-24)10-26-19(25)12-2-3-16-17(6-12)27-18(23-16)13-4-14(20)7-15(21)5-13/h2-9H,10H2,1H3. The van der Waals surface area contributed by atoms with Gasteiger partial charge >= 0.3 is 5.97 Å². The van der Waals surface area contributed by atoms with Gasteiger partial charge in [0, 0.05) is 34.4 Å². The molecule has 27 heavy (non-hydrogen) atoms. The highest BCUT2D eigenvalue weighted by atomic mass is 35.5. The molecule has 0 aliphatic rings. The average molecular weight is 402 g/mol. The summed E-state index contributed by atoms with van der Waals surface area (Å²) >= 11 is 12.1. The van der Waals surface area contributed by atoms with Gasteiger partial charge in [0.15, 0.2) is 5.58 Å². The van der Waals surface area contributed by atoms with Crippen LogP contribution in [-0.4, -0.2) is 20.7 Å². The number of hydrogen-bond acceptors (Lipinski definition) is 5. The highest BCUT2D eigenvalue weighted by Crippen LogP contribution is 2.29. The van der Waals surface area contributed by atoms with Crippen LogP contribution in [-0.2, 0) is 18.4 Å². The Labute approximate surface area is 164 Å². The van der Waals surface area contributed by atoms with Crippen molar-refractivity contribution in [3.05, 3.63) is 70.0 Å². The van der Waals surface area contributed by atoms with Gasteiger partial charge in [-0.15, -0.1) is 0 Å². The summed E-state index contributed by atoms with van der Waals surface area (Å²) in [6.45, 7) is 0.146. The lowest BCUT2D eigenvalue weighted by Gasteiger charge is -2.02. The quantitative estimate of drug-likeness (QED) is 0.455. The van der Waals surface area contributed by atoms with Crippen molar-refractivity contribution in [2.75, 3.05) is 0 Å². The predicted molar refractivity (Wildman–Crippen MR) is 102 cm³/mol. The summed E-state index contributed by atoms with van der Waals surface area (Å²) in [5.74, 6) is -0.0835. The molecule has 0 saturated heterocycles. The van der Waals surface area contributed by atoms with Crippen molar-refractivity contribution >= 4 is 40.3 Å². The number of hydrogen-bond donors (Lipinski definition) is 0. The number of carbonyl (C=O) groups is 1. The van der Waals surface area contributed by atoms with Crippen molar-refractivity contribution in [2.45, 2.75) is 6.61 Å². The van der Waals surface area contributed by atoms with Crippen molar-refractivity contribution in [1.29, 1.82) is 0 Å². The molecule has 6 nitrogen and oxygen atoms in total. The van der Waals surface area contributed by atoms with Gasteiger partial charge in [0.25, 0.3) is 0 Å². The van der Waals surface area contributed by atoms with Crippen molar-refractivity contribution < 1.29 is 13.9 Å². The van der Waals surface area contributed by atoms with E-state index < -0.39 is 5.97 Å². The smallest absolute Gasteiger partial charge is 0.338 e. The van der Waals surface area contributed by atoms with Crippen LogP contribution in [0.1, 0.15) is 15.9 Å². The van der Waals surface area contributed by atoms with E-state index in [1.807, 2.05) is 0 Å². The average Bonchev–Trinajstić information content (AvgIpc) is 3.24. The number of ether oxygens (including phenoxy) is 1. The van der Waals surface area contributed by atoms with Gasteiger partial charge in [-0.1, -0.05) is 23.2 Å². The molecule has 136 valence electrons. The van der Waals surface area contributed by atoms with Crippen LogP contribution in [0, 0.1) is 0 Å². The first-order chi connectivity index (χ1) is 13.0. The summed E-state index contributed by atoms with van der Waals surface area (Å²) in [6.07, 6.45) is 3.44. The molecular formula is C19H13Cl2N3O3. The number of nitrogens with zero attached hydrogens (tertiary/aromatic N) is 3. The summed E-state index contributed by atoms with van der Waals surface area (Å²) in [5, 5.41) is 5.01. The SMILES string of the molecule is Cn1cc(COC(=O)c2ccc3nc(-c4cc(Cl)cc(Cl)c4)oc3c2)cn1. The number of carbonyl (C=O) groups excluding carboxylic acids is 1. The lowest BCUT2D eigenvalue weighted by atomic mass is 10.2. The Morgan fingerprint density at radius 1 is 1.19 bits per heavy atom. The van der Waals surface area contributed by atoms with E-state index in [0.29, 0.717) is 38.2 Å². The fraction of sp³-hybridized carbons (Fsp3) is 0.105. The molecular weight excluding hydrogens is 389 g/mol. The zero-order valence-corrected chi connectivity index (χ0v) is 15.7. The molecule has 0 fully saturated rings. The van der Waals surface area contributed by atoms with Gasteiger partial charge in [-0.25, -0.2) is 9.78 Å². The minimum absolute atomic E-state index is 0.146. The summed E-state index contributed by atoms with van der Waals surface area (Å²) in [6, 6.07) is 10.00. The number of benzene rings is 2. The summed E-state index contributed by atoms with van der Waals surface area (Å²) in [7, 11) is 1.80. The Kier molecular flexibility index (Phi) is 4.59. The van der Waals surface area contributed by atoms with Gasteiger partial charge in [-0.3, -0.25) is 4.68 Å². The van der Waals surface area contributed by atoms with E-state index >= 15 is 0 Å². The monoisotopic (exact) mass is 401 g/mol. The molecule has 0 saturated carbocycles. The molecule has 0 aliphatic heterocycles. The third-order valence-electron chi connectivity index (χ3n) is 3.86. The third-order valence-corrected chi connectivity index (χ3v) is 4.30. The topological polar surface area (TPSA) is 70.2 Å². The lowest BCUT2D eigenvalue weighted by Crippen LogP contribution is -2.04. The Morgan fingerprint density at radius 3 is 2.67 bits per heavy atom. The van der Waals surface area contributed by atoms with E-state index in [2.05, 4.69) is 10.1 Å². The second-order valence-electron chi connectivity index (χ2n) is 5.96. The maximum Gasteiger partial charge on any atom is 0.338 e. The van der Waals surface area contributed by atoms with Gasteiger partial charge in [-0.05, 0) is 36.4 Å². The lowest BCUT2D eigenvalue weighted by molar-refractivity contribution is 0.0472. The minimum atomic E-state index is -0.454. The Balaban J connectivity index is 1.57. The molecule has 0 amide bonds. The van der Waals surface area contributed by atoms with E-state index in [-0.39, 0.29) is 6.61 Å². The van der Waals surface area contributed by atoms with Crippen molar-refractivity contribution in [2.24, 2.45) is 7.05 Å². The highest BCUT2D eigenvalue weighted by Gasteiger charge is 2.14. The number of fused-ring (bicyclic) bond motifs is 1. The first-order valence-corrected chi connectivity index (χ1v) is 8.75. The predicted octanol–water partition coefficient (Wildman–Crippen LogP) is 4.89. The normalized spacial score (nSPS) is 11.1. The fourth-order valence-corrected chi connectivity index (χ4v) is 3.16. The zero-order valence-electron chi connectivity index (χ0n) is 14.1. The zero-order chi connectivity index (χ0) is 19.0. The highest BCUT2D eigenvalue weighted by molar-refractivity contribution is 6.35. The summed E-state index contributed by atoms with van der Waals surface area (Å²) in [5.41, 5.74) is 2.93. The molecule has 0 radical (unpaired) electrons. The van der Waals surface area contributed by atoms with Gasteiger partial charge < -0.3 is 9.15 Å². The Hall–Kier alpha value is -2.83. The van der Waals surface area contributed by atoms with E-state index in [1.54, 1.807) is 60.5 Å². The minimum Gasteiger partial charge on any atom is -0.457 e. The van der Waals surface area contributed by atoms with Gasteiger partial charge in [-0.2, -0.15) is 5.10 Å². The molecule has 0 N–H and O–H groups in total. The number of rotatable bonds is 4. The Morgan fingerprint density at radius 2 is 1.96 bits per heavy atom. The van der Waals surface area contributed by atoms with E-state index in [4.69, 9.17) is 32.4 Å². The number of oxazole rings is 1. The second-order valence-corrected chi connectivity index (χ2v) is 6.83. The van der Waals surface area contributed by atoms with E-state index in [1.165, 1.54) is 0 Å². The van der Waals surface area contributed by atoms with Gasteiger partial charge in [0.1, 0.15) is 12.1 Å². The third kappa shape index (κ3) is 3.82. The summed E-state index contributed by atoms with van der Waals surface area (Å²) < 4.78 is 12.7. The molecule has 0 unspecified atom stereocenters. The maximum atomic E-state index is 12.3. The molecule has 0 aliphatic carbocycles. The molecule has 2 heterocycles. The largest absolute Gasteiger partial charge is 0.457 e. The van der Waals surface area contributed by atoms with Gasteiger partial charge in [0.05, 0.1) is 11.8 Å². The van der Waals surface area contributed by atoms with Gasteiger partial charge in [0.2, 0.25) is 5.89 Å². The number of aryl methyl sites for hydroxylation is 1. The van der Waals surface area contributed by atoms with Crippen LogP contribution in [0.5, 0.6) is 0 Å². The molecule has 2 aromatic carbocycles. The van der Waals surface area contributed by atoms with Crippen LogP contribution in [0.2, 0.25) is 10.0 Å². The first-order valence-electron chi connectivity index (χ1n) is 7.99. The molecule has 4 aromatic rings. The fourth-order valence-electron chi connectivity index (χ4n) is 2.63. The molecule has 2 aromatic heterocycles. The van der Waals surface area contributed by atoms with Crippen LogP contribution in [0.4, 0.5) is 0 Å². The maximum absolute atomic E-state index is 12.3. The molecule has 4 rings (SSSR count). The second kappa shape index (κ2) is 7.06. The number of aromatic nitrogens is 3. The van der Waals surface area contributed by atoms with E-state index in [0.717, 1.165) is 5.56 Å². The van der Waals surface area contributed by atoms with Crippen LogP contribution < -0.4 is 0 Å². The number of halogens is 2.